The first-order chi connectivity index (χ1) is 13.4. The topological polar surface area (TPSA) is 83.8 Å². The van der Waals surface area contributed by atoms with Gasteiger partial charge in [-0.3, -0.25) is 9.59 Å². The molecule has 156 valence electrons. The summed E-state index contributed by atoms with van der Waals surface area (Å²) in [6.07, 6.45) is 8.57. The quantitative estimate of drug-likeness (QED) is 0.339. The van der Waals surface area contributed by atoms with Crippen molar-refractivity contribution in [1.29, 1.82) is 0 Å². The largest absolute Gasteiger partial charge is 0.491 e. The zero-order valence-corrected chi connectivity index (χ0v) is 17.1. The molecule has 0 radical (unpaired) electrons. The molecule has 0 aliphatic heterocycles. The Morgan fingerprint density at radius 2 is 1.96 bits per heavy atom. The van der Waals surface area contributed by atoms with Crippen LogP contribution >= 0.6 is 0 Å². The van der Waals surface area contributed by atoms with Crippen molar-refractivity contribution >= 4 is 11.8 Å². The van der Waals surface area contributed by atoms with Crippen LogP contribution in [0.3, 0.4) is 0 Å². The smallest absolute Gasteiger partial charge is 0.303 e. The molecule has 28 heavy (non-hydrogen) atoms. The maximum atomic E-state index is 11.8. The number of carbonyl (C=O) groups is 2. The van der Waals surface area contributed by atoms with Gasteiger partial charge >= 0.3 is 5.97 Å². The molecule has 0 aliphatic rings. The van der Waals surface area contributed by atoms with Crippen LogP contribution in [0.15, 0.2) is 36.4 Å². The summed E-state index contributed by atoms with van der Waals surface area (Å²) >= 11 is 0. The van der Waals surface area contributed by atoms with E-state index in [1.165, 1.54) is 5.56 Å². The second kappa shape index (κ2) is 13.9. The fraction of sp³-hybridized carbons (Fsp3) is 0.565. The van der Waals surface area contributed by atoms with Crippen molar-refractivity contribution in [2.75, 3.05) is 6.61 Å². The zero-order valence-electron chi connectivity index (χ0n) is 17.1. The van der Waals surface area contributed by atoms with Gasteiger partial charge in [-0.25, -0.2) is 0 Å². The highest BCUT2D eigenvalue weighted by atomic mass is 16.5. The summed E-state index contributed by atoms with van der Waals surface area (Å²) in [7, 11) is 0. The number of hydrogen-bond acceptors (Lipinski definition) is 4. The number of allylic oxidation sites excluding steroid dienone is 2. The van der Waals surface area contributed by atoms with Crippen molar-refractivity contribution in [2.45, 2.75) is 71.3 Å². The Hall–Kier alpha value is -2.14. The fourth-order valence-electron chi connectivity index (χ4n) is 2.97. The molecule has 2 atom stereocenters. The van der Waals surface area contributed by atoms with Gasteiger partial charge in [0, 0.05) is 12.3 Å². The van der Waals surface area contributed by atoms with E-state index in [2.05, 4.69) is 6.92 Å². The van der Waals surface area contributed by atoms with E-state index in [-0.39, 0.29) is 24.7 Å². The van der Waals surface area contributed by atoms with E-state index in [0.29, 0.717) is 25.7 Å². The summed E-state index contributed by atoms with van der Waals surface area (Å²) in [4.78, 5) is 22.3. The number of aliphatic carboxylic acids is 1. The predicted molar refractivity (Wildman–Crippen MR) is 111 cm³/mol. The molecule has 0 aromatic heterocycles. The predicted octanol–water partition coefficient (Wildman–Crippen LogP) is 4.57. The molecule has 2 N–H and O–H groups in total. The van der Waals surface area contributed by atoms with Crippen molar-refractivity contribution in [3.8, 4) is 5.75 Å². The molecule has 5 nitrogen and oxygen atoms in total. The van der Waals surface area contributed by atoms with E-state index in [9.17, 15) is 14.7 Å². The molecule has 0 saturated carbocycles. The number of carboxylic acids is 1. The molecule has 5 heteroatoms. The van der Waals surface area contributed by atoms with E-state index < -0.39 is 12.1 Å². The lowest BCUT2D eigenvalue weighted by Crippen LogP contribution is -2.18. The molecule has 0 heterocycles. The lowest BCUT2D eigenvalue weighted by atomic mass is 9.93. The maximum Gasteiger partial charge on any atom is 0.303 e. The number of carbonyl (C=O) groups excluding carboxylic acids is 1. The Kier molecular flexibility index (Phi) is 11.9. The van der Waals surface area contributed by atoms with Gasteiger partial charge in [-0.05, 0) is 63.1 Å². The third-order valence-electron chi connectivity index (χ3n) is 4.76. The Morgan fingerprint density at radius 3 is 2.64 bits per heavy atom. The number of unbranched alkanes of at least 4 members (excludes halogenated alkanes) is 1. The molecular weight excluding hydrogens is 356 g/mol. The molecule has 0 saturated heterocycles. The minimum Gasteiger partial charge on any atom is -0.491 e. The number of ether oxygens (including phenoxy) is 1. The first-order valence-electron chi connectivity index (χ1n) is 10.2. The van der Waals surface area contributed by atoms with Gasteiger partial charge in [0.15, 0.2) is 0 Å². The third-order valence-corrected chi connectivity index (χ3v) is 4.76. The molecule has 0 spiro atoms. The summed E-state index contributed by atoms with van der Waals surface area (Å²) in [6, 6.07) is 7.88. The van der Waals surface area contributed by atoms with Crippen LogP contribution in [0, 0.1) is 5.92 Å². The average Bonchev–Trinajstić information content (AvgIpc) is 2.67. The Bertz CT molecular complexity index is 623. The normalized spacial score (nSPS) is 13.4. The Balaban J connectivity index is 2.26. The standard InChI is InChI=1S/C23H34O5/c1-3-19-10-8-14-22(16-19)28-17-21(25)13-9-12-20(18(2)24)11-6-4-5-7-15-23(26)27/h4,6,8,10,14,16,20-21,25H,3,5,7,9,11-13,15,17H2,1-2H3,(H,26,27). The number of ketones is 1. The van der Waals surface area contributed by atoms with Crippen LogP contribution in [0.4, 0.5) is 0 Å². The van der Waals surface area contributed by atoms with Crippen LogP contribution in [0.5, 0.6) is 5.75 Å². The van der Waals surface area contributed by atoms with E-state index in [0.717, 1.165) is 25.0 Å². The summed E-state index contributed by atoms with van der Waals surface area (Å²) in [6.45, 7) is 3.94. The average molecular weight is 391 g/mol. The van der Waals surface area contributed by atoms with Crippen LogP contribution < -0.4 is 4.74 Å². The number of aliphatic hydroxyl groups is 1. The van der Waals surface area contributed by atoms with Crippen LogP contribution in [0.1, 0.15) is 64.4 Å². The van der Waals surface area contributed by atoms with Crippen molar-refractivity contribution in [3.63, 3.8) is 0 Å². The highest BCUT2D eigenvalue weighted by molar-refractivity contribution is 5.78. The molecule has 1 rings (SSSR count). The number of aliphatic hydroxyl groups excluding tert-OH is 1. The maximum absolute atomic E-state index is 11.8. The van der Waals surface area contributed by atoms with Gasteiger partial charge in [0.1, 0.15) is 18.1 Å². The number of hydrogen-bond donors (Lipinski definition) is 2. The second-order valence-corrected chi connectivity index (χ2v) is 7.20. The number of Topliss-reactive ketones (excluding diaryl/α,β-unsaturated/α-hetero) is 1. The summed E-state index contributed by atoms with van der Waals surface area (Å²) in [5.41, 5.74) is 1.20. The molecule has 0 fully saturated rings. The summed E-state index contributed by atoms with van der Waals surface area (Å²) in [5.74, 6) is 0.0889. The first-order valence-corrected chi connectivity index (χ1v) is 10.2. The monoisotopic (exact) mass is 390 g/mol. The van der Waals surface area contributed by atoms with Crippen molar-refractivity contribution < 1.29 is 24.5 Å². The SMILES string of the molecule is CCc1cccc(OCC(O)CCCC(CC=CCCCC(=O)O)C(C)=O)c1. The number of rotatable bonds is 15. The third kappa shape index (κ3) is 10.9. The number of benzene rings is 1. The van der Waals surface area contributed by atoms with Crippen LogP contribution in [-0.2, 0) is 16.0 Å². The minimum atomic E-state index is -0.782. The lowest BCUT2D eigenvalue weighted by molar-refractivity contribution is -0.137. The molecule has 0 bridgehead atoms. The second-order valence-electron chi connectivity index (χ2n) is 7.20. The highest BCUT2D eigenvalue weighted by Gasteiger charge is 2.14. The van der Waals surface area contributed by atoms with E-state index in [4.69, 9.17) is 9.84 Å². The van der Waals surface area contributed by atoms with Gasteiger partial charge in [-0.2, -0.15) is 0 Å². The zero-order chi connectivity index (χ0) is 20.8. The van der Waals surface area contributed by atoms with Crippen molar-refractivity contribution in [2.24, 2.45) is 5.92 Å². The van der Waals surface area contributed by atoms with Gasteiger partial charge in [-0.1, -0.05) is 37.6 Å². The van der Waals surface area contributed by atoms with E-state index in [1.54, 1.807) is 6.92 Å². The molecule has 0 aliphatic carbocycles. The Morgan fingerprint density at radius 1 is 1.18 bits per heavy atom. The highest BCUT2D eigenvalue weighted by Crippen LogP contribution is 2.18. The van der Waals surface area contributed by atoms with E-state index in [1.807, 2.05) is 36.4 Å². The molecule has 0 amide bonds. The van der Waals surface area contributed by atoms with Gasteiger partial charge < -0.3 is 14.9 Å². The number of carboxylic acid groups (broad SMARTS) is 1. The first kappa shape index (κ1) is 23.9. The van der Waals surface area contributed by atoms with Crippen LogP contribution in [0.2, 0.25) is 0 Å². The van der Waals surface area contributed by atoms with Crippen molar-refractivity contribution in [1.82, 2.24) is 0 Å². The summed E-state index contributed by atoms with van der Waals surface area (Å²) in [5, 5.41) is 18.7. The fourth-order valence-corrected chi connectivity index (χ4v) is 2.97. The number of aryl methyl sites for hydroxylation is 1. The molecule has 1 aromatic carbocycles. The Labute approximate surface area is 168 Å². The van der Waals surface area contributed by atoms with Crippen LogP contribution in [0.25, 0.3) is 0 Å². The molecule has 1 aromatic rings. The van der Waals surface area contributed by atoms with Crippen molar-refractivity contribution in [3.05, 3.63) is 42.0 Å². The lowest BCUT2D eigenvalue weighted by Gasteiger charge is -2.15. The van der Waals surface area contributed by atoms with Gasteiger partial charge in [0.25, 0.3) is 0 Å². The minimum absolute atomic E-state index is 0.0509. The summed E-state index contributed by atoms with van der Waals surface area (Å²) < 4.78 is 5.66. The molecule has 2 unspecified atom stereocenters. The van der Waals surface area contributed by atoms with Crippen LogP contribution in [-0.4, -0.2) is 34.7 Å². The van der Waals surface area contributed by atoms with E-state index >= 15 is 0 Å². The van der Waals surface area contributed by atoms with Gasteiger partial charge in [0.2, 0.25) is 0 Å². The van der Waals surface area contributed by atoms with Gasteiger partial charge in [0.05, 0.1) is 6.10 Å². The van der Waals surface area contributed by atoms with Gasteiger partial charge in [-0.15, -0.1) is 0 Å². The molecular formula is C23H34O5.